The Morgan fingerprint density at radius 1 is 1.31 bits per heavy atom. The van der Waals surface area contributed by atoms with Gasteiger partial charge in [0.25, 0.3) is 5.56 Å². The Morgan fingerprint density at radius 3 is 2.69 bits per heavy atom. The average Bonchev–Trinajstić information content (AvgIpc) is 2.33. The van der Waals surface area contributed by atoms with E-state index < -0.39 is 17.2 Å². The number of nitroso groups, excluding NO2 is 1. The lowest BCUT2D eigenvalue weighted by molar-refractivity contribution is 0.0941. The summed E-state index contributed by atoms with van der Waals surface area (Å²) in [4.78, 5) is 32.7. The van der Waals surface area contributed by atoms with Gasteiger partial charge in [-0.1, -0.05) is 18.2 Å². The molecule has 0 bridgehead atoms. The fourth-order valence-corrected chi connectivity index (χ4v) is 1.45. The normalized spacial score (nSPS) is 10.2. The molecular formula is C10H6N2O4. The van der Waals surface area contributed by atoms with E-state index in [-0.39, 0.29) is 10.1 Å². The molecule has 0 radical (unpaired) electrons. The molecule has 2 rings (SSSR count). The molecule has 0 atom stereocenters. The summed E-state index contributed by atoms with van der Waals surface area (Å²) in [5, 5.41) is 12.3. The molecule has 0 unspecified atom stereocenters. The SMILES string of the molecule is O=NC(=O)c1cc2ccccc2c(=O)n1O. The van der Waals surface area contributed by atoms with Gasteiger partial charge < -0.3 is 5.21 Å². The third kappa shape index (κ3) is 1.36. The van der Waals surface area contributed by atoms with E-state index in [4.69, 9.17) is 0 Å². The molecule has 0 saturated heterocycles. The third-order valence-corrected chi connectivity index (χ3v) is 2.21. The van der Waals surface area contributed by atoms with E-state index in [2.05, 4.69) is 5.18 Å². The van der Waals surface area contributed by atoms with Gasteiger partial charge >= 0.3 is 5.91 Å². The quantitative estimate of drug-likeness (QED) is 0.574. The third-order valence-electron chi connectivity index (χ3n) is 2.21. The van der Waals surface area contributed by atoms with Crippen LogP contribution in [0.1, 0.15) is 10.5 Å². The Labute approximate surface area is 88.7 Å². The summed E-state index contributed by atoms with van der Waals surface area (Å²) in [5.41, 5.74) is -1.20. The first kappa shape index (κ1) is 10.0. The van der Waals surface area contributed by atoms with Crippen molar-refractivity contribution in [1.82, 2.24) is 4.73 Å². The topological polar surface area (TPSA) is 88.7 Å². The number of fused-ring (bicyclic) bond motifs is 1. The van der Waals surface area contributed by atoms with E-state index in [0.29, 0.717) is 5.39 Å². The van der Waals surface area contributed by atoms with E-state index in [0.717, 1.165) is 0 Å². The molecule has 1 amide bonds. The van der Waals surface area contributed by atoms with Gasteiger partial charge in [0.05, 0.1) is 5.39 Å². The summed E-state index contributed by atoms with van der Waals surface area (Å²) in [7, 11) is 0. The first-order valence-corrected chi connectivity index (χ1v) is 4.37. The van der Waals surface area contributed by atoms with Crippen LogP contribution in [0, 0.1) is 4.91 Å². The van der Waals surface area contributed by atoms with Gasteiger partial charge in [-0.05, 0) is 17.5 Å². The maximum absolute atomic E-state index is 11.6. The highest BCUT2D eigenvalue weighted by molar-refractivity contribution is 5.96. The maximum Gasteiger partial charge on any atom is 0.336 e. The zero-order valence-electron chi connectivity index (χ0n) is 7.95. The lowest BCUT2D eigenvalue weighted by atomic mass is 10.1. The minimum atomic E-state index is -1.19. The van der Waals surface area contributed by atoms with Gasteiger partial charge in [-0.15, -0.1) is 9.64 Å². The Morgan fingerprint density at radius 2 is 2.00 bits per heavy atom. The van der Waals surface area contributed by atoms with Crippen LogP contribution < -0.4 is 5.56 Å². The van der Waals surface area contributed by atoms with Crippen LogP contribution in [0.15, 0.2) is 40.3 Å². The van der Waals surface area contributed by atoms with Crippen molar-refractivity contribution < 1.29 is 10.0 Å². The van der Waals surface area contributed by atoms with Crippen LogP contribution in [0.4, 0.5) is 0 Å². The Kier molecular flexibility index (Phi) is 2.24. The molecule has 1 aromatic carbocycles. The van der Waals surface area contributed by atoms with Crippen molar-refractivity contribution in [3.8, 4) is 0 Å². The fourth-order valence-electron chi connectivity index (χ4n) is 1.45. The maximum atomic E-state index is 11.6. The Balaban J connectivity index is 2.89. The first-order valence-electron chi connectivity index (χ1n) is 4.37. The smallest absolute Gasteiger partial charge is 0.336 e. The zero-order valence-corrected chi connectivity index (χ0v) is 7.95. The van der Waals surface area contributed by atoms with Gasteiger partial charge in [-0.25, -0.2) is 0 Å². The molecule has 2 aromatic rings. The molecule has 1 aromatic heterocycles. The number of carbonyl (C=O) groups is 1. The minimum absolute atomic E-state index is 0.131. The second kappa shape index (κ2) is 3.58. The molecule has 0 spiro atoms. The van der Waals surface area contributed by atoms with E-state index in [1.165, 1.54) is 12.1 Å². The highest BCUT2D eigenvalue weighted by Crippen LogP contribution is 2.11. The summed E-state index contributed by atoms with van der Waals surface area (Å²) in [5.74, 6) is -1.19. The van der Waals surface area contributed by atoms with Crippen LogP contribution in [-0.4, -0.2) is 15.8 Å². The predicted octanol–water partition coefficient (Wildman–Crippen LogP) is 1.15. The van der Waals surface area contributed by atoms with Gasteiger partial charge in [-0.2, -0.15) is 0 Å². The number of carbonyl (C=O) groups excluding carboxylic acids is 1. The van der Waals surface area contributed by atoms with Crippen molar-refractivity contribution in [2.75, 3.05) is 0 Å². The predicted molar refractivity (Wildman–Crippen MR) is 55.5 cm³/mol. The lowest BCUT2D eigenvalue weighted by Gasteiger charge is -2.03. The Hall–Kier alpha value is -2.50. The number of benzene rings is 1. The number of nitrogens with zero attached hydrogens (tertiary/aromatic N) is 2. The van der Waals surface area contributed by atoms with Crippen LogP contribution in [0.2, 0.25) is 0 Å². The number of hydrogen-bond donors (Lipinski definition) is 1. The number of aromatic nitrogens is 1. The van der Waals surface area contributed by atoms with Gasteiger partial charge in [0.15, 0.2) is 5.69 Å². The fraction of sp³-hybridized carbons (Fsp3) is 0. The first-order chi connectivity index (χ1) is 7.65. The summed E-state index contributed by atoms with van der Waals surface area (Å²) in [6.07, 6.45) is 0. The molecule has 16 heavy (non-hydrogen) atoms. The molecule has 1 N–H and O–H groups in total. The summed E-state index contributed by atoms with van der Waals surface area (Å²) in [6, 6.07) is 7.64. The zero-order chi connectivity index (χ0) is 11.7. The minimum Gasteiger partial charge on any atom is -0.425 e. The number of pyridine rings is 1. The van der Waals surface area contributed by atoms with Crippen LogP contribution in [-0.2, 0) is 0 Å². The van der Waals surface area contributed by atoms with Crippen LogP contribution in [0.5, 0.6) is 0 Å². The number of amides is 1. The van der Waals surface area contributed by atoms with E-state index in [1.807, 2.05) is 0 Å². The summed E-state index contributed by atoms with van der Waals surface area (Å²) >= 11 is 0. The van der Waals surface area contributed by atoms with Crippen molar-refractivity contribution in [1.29, 1.82) is 0 Å². The standard InChI is InChI=1S/C10H6N2O4/c13-9(11-15)8-5-6-3-1-2-4-7(6)10(14)12(8)16/h1-5,16H. The molecule has 6 nitrogen and oxygen atoms in total. The largest absolute Gasteiger partial charge is 0.425 e. The van der Waals surface area contributed by atoms with Crippen LogP contribution in [0.25, 0.3) is 10.8 Å². The number of rotatable bonds is 1. The van der Waals surface area contributed by atoms with E-state index in [1.54, 1.807) is 18.2 Å². The van der Waals surface area contributed by atoms with Gasteiger partial charge in [0, 0.05) is 5.18 Å². The molecule has 0 fully saturated rings. The Bertz CT molecular complexity index is 645. The van der Waals surface area contributed by atoms with Crippen molar-refractivity contribution in [3.63, 3.8) is 0 Å². The van der Waals surface area contributed by atoms with Crippen LogP contribution in [0.3, 0.4) is 0 Å². The van der Waals surface area contributed by atoms with Crippen molar-refractivity contribution in [3.05, 3.63) is 51.3 Å². The van der Waals surface area contributed by atoms with E-state index >= 15 is 0 Å². The molecule has 0 saturated carbocycles. The van der Waals surface area contributed by atoms with Crippen molar-refractivity contribution >= 4 is 16.7 Å². The number of hydrogen-bond acceptors (Lipinski definition) is 4. The molecule has 0 aliphatic rings. The molecule has 0 aliphatic carbocycles. The highest BCUT2D eigenvalue weighted by Gasteiger charge is 2.15. The van der Waals surface area contributed by atoms with Crippen molar-refractivity contribution in [2.45, 2.75) is 0 Å². The highest BCUT2D eigenvalue weighted by atomic mass is 16.5. The molecular weight excluding hydrogens is 212 g/mol. The van der Waals surface area contributed by atoms with Gasteiger partial charge in [-0.3, -0.25) is 9.59 Å². The van der Waals surface area contributed by atoms with Crippen LogP contribution >= 0.6 is 0 Å². The molecule has 6 heteroatoms. The second-order valence-corrected chi connectivity index (χ2v) is 3.13. The van der Waals surface area contributed by atoms with Crippen molar-refractivity contribution in [2.24, 2.45) is 5.18 Å². The molecule has 1 heterocycles. The molecule has 80 valence electrons. The monoisotopic (exact) mass is 218 g/mol. The summed E-state index contributed by atoms with van der Waals surface area (Å²) < 4.78 is 0.131. The average molecular weight is 218 g/mol. The van der Waals surface area contributed by atoms with Gasteiger partial charge in [0.2, 0.25) is 0 Å². The van der Waals surface area contributed by atoms with E-state index in [9.17, 15) is 19.7 Å². The lowest BCUT2D eigenvalue weighted by Crippen LogP contribution is -2.23. The summed E-state index contributed by atoms with van der Waals surface area (Å²) in [6.45, 7) is 0. The second-order valence-electron chi connectivity index (χ2n) is 3.13. The molecule has 0 aliphatic heterocycles. The van der Waals surface area contributed by atoms with Gasteiger partial charge in [0.1, 0.15) is 0 Å².